The number of hydrogen-bond donors (Lipinski definition) is 2. The van der Waals surface area contributed by atoms with Gasteiger partial charge in [-0.2, -0.15) is 0 Å². The number of nitrogens with zero attached hydrogens (tertiary/aromatic N) is 2. The summed E-state index contributed by atoms with van der Waals surface area (Å²) in [6.45, 7) is 5.27. The molecule has 2 N–H and O–H groups in total. The van der Waals surface area contributed by atoms with Crippen LogP contribution in [0.25, 0.3) is 0 Å². The molecule has 2 saturated heterocycles. The van der Waals surface area contributed by atoms with Gasteiger partial charge in [-0.1, -0.05) is 18.2 Å². The van der Waals surface area contributed by atoms with Gasteiger partial charge in [0.15, 0.2) is 0 Å². The van der Waals surface area contributed by atoms with Crippen LogP contribution in [0.4, 0.5) is 0 Å². The highest BCUT2D eigenvalue weighted by atomic mass is 16.3. The molecule has 1 aromatic rings. The van der Waals surface area contributed by atoms with Crippen LogP contribution in [0.2, 0.25) is 0 Å². The highest BCUT2D eigenvalue weighted by Gasteiger charge is 2.34. The predicted molar refractivity (Wildman–Crippen MR) is 104 cm³/mol. The molecule has 2 aliphatic rings. The molecular weight excluding hydrogens is 342 g/mol. The second-order valence-electron chi connectivity index (χ2n) is 7.99. The van der Waals surface area contributed by atoms with E-state index < -0.39 is 5.60 Å². The van der Waals surface area contributed by atoms with Crippen molar-refractivity contribution in [1.29, 1.82) is 0 Å². The van der Waals surface area contributed by atoms with E-state index in [1.54, 1.807) is 6.92 Å². The monoisotopic (exact) mass is 373 g/mol. The van der Waals surface area contributed by atoms with Crippen molar-refractivity contribution < 1.29 is 14.7 Å². The van der Waals surface area contributed by atoms with Crippen LogP contribution in [0.3, 0.4) is 0 Å². The fourth-order valence-corrected chi connectivity index (χ4v) is 4.24. The Morgan fingerprint density at radius 2 is 1.81 bits per heavy atom. The molecule has 2 fully saturated rings. The van der Waals surface area contributed by atoms with Crippen molar-refractivity contribution in [3.63, 3.8) is 0 Å². The molecule has 2 heterocycles. The van der Waals surface area contributed by atoms with E-state index in [9.17, 15) is 14.7 Å². The molecule has 0 saturated carbocycles. The highest BCUT2D eigenvalue weighted by molar-refractivity contribution is 5.94. The Morgan fingerprint density at radius 3 is 2.48 bits per heavy atom. The molecular formula is C21H31N3O3. The third-order valence-corrected chi connectivity index (χ3v) is 5.74. The lowest BCUT2D eigenvalue weighted by atomic mass is 9.93. The number of nitrogens with one attached hydrogen (secondary N) is 1. The predicted octanol–water partition coefficient (Wildman–Crippen LogP) is 1.64. The molecule has 3 rings (SSSR count). The van der Waals surface area contributed by atoms with Crippen LogP contribution in [0.1, 0.15) is 49.4 Å². The van der Waals surface area contributed by atoms with E-state index in [1.165, 1.54) is 0 Å². The molecule has 0 bridgehead atoms. The van der Waals surface area contributed by atoms with Crippen molar-refractivity contribution >= 4 is 11.8 Å². The van der Waals surface area contributed by atoms with Gasteiger partial charge < -0.3 is 20.2 Å². The number of likely N-dealkylation sites (tertiary alicyclic amines) is 2. The minimum atomic E-state index is -0.743. The Kier molecular flexibility index (Phi) is 6.50. The summed E-state index contributed by atoms with van der Waals surface area (Å²) in [6.07, 6.45) is 3.99. The molecule has 0 spiro atoms. The summed E-state index contributed by atoms with van der Waals surface area (Å²) in [7, 11) is 0. The maximum atomic E-state index is 12.7. The highest BCUT2D eigenvalue weighted by Crippen LogP contribution is 2.26. The fraction of sp³-hybridized carbons (Fsp3) is 0.619. The third kappa shape index (κ3) is 5.53. The van der Waals surface area contributed by atoms with Crippen LogP contribution in [0, 0.1) is 0 Å². The molecule has 1 atom stereocenters. The molecule has 148 valence electrons. The Labute approximate surface area is 161 Å². The topological polar surface area (TPSA) is 72.9 Å². The van der Waals surface area contributed by atoms with Gasteiger partial charge in [0.2, 0.25) is 5.91 Å². The first-order valence-corrected chi connectivity index (χ1v) is 10.0. The molecule has 0 radical (unpaired) electrons. The summed E-state index contributed by atoms with van der Waals surface area (Å²) in [5.74, 6) is 0.0787. The Hall–Kier alpha value is -1.92. The van der Waals surface area contributed by atoms with E-state index in [0.717, 1.165) is 38.8 Å². The van der Waals surface area contributed by atoms with Gasteiger partial charge in [-0.3, -0.25) is 9.59 Å². The summed E-state index contributed by atoms with van der Waals surface area (Å²) in [5, 5.41) is 14.1. The number of carbonyl (C=O) groups excluding carboxylic acids is 2. The molecule has 2 amide bonds. The van der Waals surface area contributed by atoms with Crippen LogP contribution >= 0.6 is 0 Å². The van der Waals surface area contributed by atoms with Crippen molar-refractivity contribution in [2.45, 2.75) is 50.7 Å². The first kappa shape index (κ1) is 19.8. The standard InChI is InChI=1S/C21H31N3O3/c1-17(25)22-19-8-13-23(14-9-19)16-21(27)10-5-12-24(15-11-21)20(26)18-6-3-2-4-7-18/h2-4,6-7,19,27H,5,8-16H2,1H3,(H,22,25)/t21-/m1/s1. The zero-order valence-corrected chi connectivity index (χ0v) is 16.2. The van der Waals surface area contributed by atoms with Crippen LogP contribution in [-0.2, 0) is 4.79 Å². The van der Waals surface area contributed by atoms with Crippen LogP contribution in [-0.4, -0.2) is 71.1 Å². The summed E-state index contributed by atoms with van der Waals surface area (Å²) in [4.78, 5) is 28.0. The maximum absolute atomic E-state index is 12.7. The molecule has 6 heteroatoms. The average Bonchev–Trinajstić information content (AvgIpc) is 2.85. The molecule has 6 nitrogen and oxygen atoms in total. The van der Waals surface area contributed by atoms with Crippen molar-refractivity contribution in [3.8, 4) is 0 Å². The summed E-state index contributed by atoms with van der Waals surface area (Å²) >= 11 is 0. The van der Waals surface area contributed by atoms with E-state index in [-0.39, 0.29) is 17.9 Å². The largest absolute Gasteiger partial charge is 0.388 e. The Morgan fingerprint density at radius 1 is 1.11 bits per heavy atom. The number of aliphatic hydroxyl groups is 1. The normalized spacial score (nSPS) is 25.0. The van der Waals surface area contributed by atoms with E-state index in [0.29, 0.717) is 31.6 Å². The molecule has 27 heavy (non-hydrogen) atoms. The van der Waals surface area contributed by atoms with Gasteiger partial charge in [0.25, 0.3) is 5.91 Å². The van der Waals surface area contributed by atoms with E-state index in [1.807, 2.05) is 35.2 Å². The number of β-amino-alcohol motifs (C(OH)–C–C–N with tert-alkyl or cyclic N) is 1. The Balaban J connectivity index is 1.51. The summed E-state index contributed by atoms with van der Waals surface area (Å²) in [6, 6.07) is 9.61. The molecule has 2 aliphatic heterocycles. The number of hydrogen-bond acceptors (Lipinski definition) is 4. The lowest BCUT2D eigenvalue weighted by Gasteiger charge is -2.38. The second kappa shape index (κ2) is 8.85. The van der Waals surface area contributed by atoms with Crippen molar-refractivity contribution in [2.24, 2.45) is 0 Å². The molecule has 0 unspecified atom stereocenters. The average molecular weight is 373 g/mol. The quantitative estimate of drug-likeness (QED) is 0.842. The van der Waals surface area contributed by atoms with Crippen LogP contribution < -0.4 is 5.32 Å². The number of benzene rings is 1. The fourth-order valence-electron chi connectivity index (χ4n) is 4.24. The van der Waals surface area contributed by atoms with Gasteiger partial charge in [-0.05, 0) is 44.2 Å². The number of piperidine rings is 1. The SMILES string of the molecule is CC(=O)NC1CCN(C[C@@]2(O)CCCN(C(=O)c3ccccc3)CC2)CC1. The van der Waals surface area contributed by atoms with E-state index in [4.69, 9.17) is 0 Å². The first-order chi connectivity index (χ1) is 13.0. The lowest BCUT2D eigenvalue weighted by molar-refractivity contribution is -0.120. The minimum absolute atomic E-state index is 0.0269. The van der Waals surface area contributed by atoms with Gasteiger partial charge in [0.1, 0.15) is 0 Å². The van der Waals surface area contributed by atoms with Gasteiger partial charge in [-0.15, -0.1) is 0 Å². The van der Waals surface area contributed by atoms with Crippen molar-refractivity contribution in [1.82, 2.24) is 15.1 Å². The molecule has 0 aliphatic carbocycles. The van der Waals surface area contributed by atoms with E-state index in [2.05, 4.69) is 10.2 Å². The smallest absolute Gasteiger partial charge is 0.253 e. The van der Waals surface area contributed by atoms with Crippen molar-refractivity contribution in [3.05, 3.63) is 35.9 Å². The van der Waals surface area contributed by atoms with E-state index >= 15 is 0 Å². The lowest BCUT2D eigenvalue weighted by Crippen LogP contribution is -2.50. The second-order valence-corrected chi connectivity index (χ2v) is 7.99. The number of carbonyl (C=O) groups is 2. The molecule has 1 aromatic carbocycles. The summed E-state index contributed by atoms with van der Waals surface area (Å²) < 4.78 is 0. The van der Waals surface area contributed by atoms with Crippen LogP contribution in [0.5, 0.6) is 0 Å². The molecule has 0 aromatic heterocycles. The zero-order valence-electron chi connectivity index (χ0n) is 16.2. The van der Waals surface area contributed by atoms with Gasteiger partial charge in [0, 0.05) is 51.3 Å². The first-order valence-electron chi connectivity index (χ1n) is 10.0. The Bertz CT molecular complexity index is 643. The number of amides is 2. The third-order valence-electron chi connectivity index (χ3n) is 5.74. The van der Waals surface area contributed by atoms with Crippen molar-refractivity contribution in [2.75, 3.05) is 32.7 Å². The number of rotatable bonds is 4. The maximum Gasteiger partial charge on any atom is 0.253 e. The van der Waals surface area contributed by atoms with Gasteiger partial charge in [0.05, 0.1) is 5.60 Å². The van der Waals surface area contributed by atoms with Gasteiger partial charge >= 0.3 is 0 Å². The van der Waals surface area contributed by atoms with Gasteiger partial charge in [-0.25, -0.2) is 0 Å². The minimum Gasteiger partial charge on any atom is -0.388 e. The summed E-state index contributed by atoms with van der Waals surface area (Å²) in [5.41, 5.74) is -0.0324. The zero-order chi connectivity index (χ0) is 19.3. The van der Waals surface area contributed by atoms with Crippen LogP contribution in [0.15, 0.2) is 30.3 Å².